The molecule has 0 saturated carbocycles. The van der Waals surface area contributed by atoms with Crippen LogP contribution in [0.3, 0.4) is 0 Å². The Kier molecular flexibility index (Phi) is 5.74. The molecule has 0 aliphatic carbocycles. The standard InChI is InChI=1S/C13H25NO/c1-4-11(5-2)10-12-8-6-7-9-13(14-12)15-3/h11-12H,4-10H2,1-3H3. The average molecular weight is 211 g/mol. The Morgan fingerprint density at radius 3 is 2.67 bits per heavy atom. The first kappa shape index (κ1) is 12.5. The largest absolute Gasteiger partial charge is 0.484 e. The Balaban J connectivity index is 2.50. The lowest BCUT2D eigenvalue weighted by atomic mass is 9.93. The van der Waals surface area contributed by atoms with E-state index in [0.717, 1.165) is 18.2 Å². The summed E-state index contributed by atoms with van der Waals surface area (Å²) in [5, 5.41) is 0. The molecule has 0 N–H and O–H groups in total. The first-order chi connectivity index (χ1) is 7.30. The molecule has 0 amide bonds. The Labute approximate surface area is 94.1 Å². The van der Waals surface area contributed by atoms with Gasteiger partial charge in [0.25, 0.3) is 0 Å². The van der Waals surface area contributed by atoms with Gasteiger partial charge in [0.05, 0.1) is 13.2 Å². The zero-order valence-corrected chi connectivity index (χ0v) is 10.5. The maximum atomic E-state index is 5.30. The lowest BCUT2D eigenvalue weighted by Gasteiger charge is -2.17. The van der Waals surface area contributed by atoms with Crippen LogP contribution in [0.25, 0.3) is 0 Å². The number of nitrogens with zero attached hydrogens (tertiary/aromatic N) is 1. The highest BCUT2D eigenvalue weighted by Crippen LogP contribution is 2.23. The first-order valence-corrected chi connectivity index (χ1v) is 6.40. The zero-order valence-electron chi connectivity index (χ0n) is 10.5. The quantitative estimate of drug-likeness (QED) is 0.693. The van der Waals surface area contributed by atoms with Crippen molar-refractivity contribution in [2.45, 2.75) is 64.8 Å². The molecule has 0 aromatic heterocycles. The fraction of sp³-hybridized carbons (Fsp3) is 0.923. The van der Waals surface area contributed by atoms with E-state index in [0.29, 0.717) is 6.04 Å². The van der Waals surface area contributed by atoms with Gasteiger partial charge in [-0.15, -0.1) is 0 Å². The van der Waals surface area contributed by atoms with E-state index < -0.39 is 0 Å². The van der Waals surface area contributed by atoms with Crippen LogP contribution >= 0.6 is 0 Å². The van der Waals surface area contributed by atoms with Crippen LogP contribution in [0.15, 0.2) is 4.99 Å². The summed E-state index contributed by atoms with van der Waals surface area (Å²) in [6.07, 6.45) is 8.65. The fourth-order valence-corrected chi connectivity index (χ4v) is 2.32. The number of rotatable bonds is 4. The number of methoxy groups -OCH3 is 1. The van der Waals surface area contributed by atoms with Crippen molar-refractivity contribution in [3.8, 4) is 0 Å². The highest BCUT2D eigenvalue weighted by molar-refractivity contribution is 5.76. The van der Waals surface area contributed by atoms with E-state index in [-0.39, 0.29) is 0 Å². The summed E-state index contributed by atoms with van der Waals surface area (Å²) in [7, 11) is 1.75. The molecular formula is C13H25NO. The molecule has 1 aliphatic heterocycles. The molecule has 1 unspecified atom stereocenters. The maximum Gasteiger partial charge on any atom is 0.183 e. The summed E-state index contributed by atoms with van der Waals surface area (Å²) in [6.45, 7) is 4.57. The van der Waals surface area contributed by atoms with Crippen molar-refractivity contribution in [3.63, 3.8) is 0 Å². The molecule has 0 bridgehead atoms. The van der Waals surface area contributed by atoms with Crippen LogP contribution in [0, 0.1) is 5.92 Å². The Bertz CT molecular complexity index is 197. The van der Waals surface area contributed by atoms with Gasteiger partial charge in [-0.3, -0.25) is 4.99 Å². The predicted octanol–water partition coefficient (Wildman–Crippen LogP) is 3.80. The number of hydrogen-bond donors (Lipinski definition) is 0. The van der Waals surface area contributed by atoms with Crippen LogP contribution in [0.2, 0.25) is 0 Å². The summed E-state index contributed by atoms with van der Waals surface area (Å²) in [6, 6.07) is 0.521. The van der Waals surface area contributed by atoms with Crippen LogP contribution in [0.4, 0.5) is 0 Å². The molecule has 2 nitrogen and oxygen atoms in total. The Morgan fingerprint density at radius 2 is 2.07 bits per heavy atom. The van der Waals surface area contributed by atoms with Gasteiger partial charge in [0, 0.05) is 6.42 Å². The Hall–Kier alpha value is -0.530. The molecule has 1 heterocycles. The minimum Gasteiger partial charge on any atom is -0.484 e. The van der Waals surface area contributed by atoms with E-state index in [9.17, 15) is 0 Å². The summed E-state index contributed by atoms with van der Waals surface area (Å²) in [5.41, 5.74) is 0. The minimum atomic E-state index is 0.521. The van der Waals surface area contributed by atoms with Crippen molar-refractivity contribution in [2.75, 3.05) is 7.11 Å². The zero-order chi connectivity index (χ0) is 11.1. The minimum absolute atomic E-state index is 0.521. The monoisotopic (exact) mass is 211 g/mol. The summed E-state index contributed by atoms with van der Waals surface area (Å²) in [5.74, 6) is 1.82. The smallest absolute Gasteiger partial charge is 0.183 e. The van der Waals surface area contributed by atoms with Crippen LogP contribution in [-0.4, -0.2) is 19.0 Å². The Morgan fingerprint density at radius 1 is 1.33 bits per heavy atom. The van der Waals surface area contributed by atoms with Gasteiger partial charge in [0.15, 0.2) is 5.90 Å². The van der Waals surface area contributed by atoms with Gasteiger partial charge in [-0.25, -0.2) is 0 Å². The van der Waals surface area contributed by atoms with Crippen LogP contribution in [0.1, 0.15) is 58.8 Å². The van der Waals surface area contributed by atoms with E-state index in [1.54, 1.807) is 7.11 Å². The average Bonchev–Trinajstić information content (AvgIpc) is 2.50. The molecule has 1 aliphatic rings. The molecule has 0 aromatic carbocycles. The van der Waals surface area contributed by atoms with Crippen molar-refractivity contribution in [3.05, 3.63) is 0 Å². The van der Waals surface area contributed by atoms with Crippen molar-refractivity contribution >= 4 is 5.90 Å². The van der Waals surface area contributed by atoms with E-state index in [2.05, 4.69) is 13.8 Å². The van der Waals surface area contributed by atoms with Crippen molar-refractivity contribution in [1.82, 2.24) is 0 Å². The summed E-state index contributed by atoms with van der Waals surface area (Å²) in [4.78, 5) is 4.72. The molecular weight excluding hydrogens is 186 g/mol. The van der Waals surface area contributed by atoms with Crippen molar-refractivity contribution in [2.24, 2.45) is 10.9 Å². The summed E-state index contributed by atoms with van der Waals surface area (Å²) >= 11 is 0. The molecule has 0 aromatic rings. The second-order valence-corrected chi connectivity index (χ2v) is 4.54. The third-order valence-corrected chi connectivity index (χ3v) is 3.50. The predicted molar refractivity (Wildman–Crippen MR) is 65.4 cm³/mol. The van der Waals surface area contributed by atoms with Gasteiger partial charge in [-0.05, 0) is 25.2 Å². The van der Waals surface area contributed by atoms with Gasteiger partial charge >= 0.3 is 0 Å². The van der Waals surface area contributed by atoms with Gasteiger partial charge in [0.2, 0.25) is 0 Å². The molecule has 1 atom stereocenters. The van der Waals surface area contributed by atoms with Gasteiger partial charge in [-0.1, -0.05) is 33.1 Å². The second kappa shape index (κ2) is 6.86. The highest BCUT2D eigenvalue weighted by Gasteiger charge is 2.17. The fourth-order valence-electron chi connectivity index (χ4n) is 2.32. The van der Waals surface area contributed by atoms with E-state index in [1.165, 1.54) is 38.5 Å². The van der Waals surface area contributed by atoms with E-state index in [4.69, 9.17) is 9.73 Å². The first-order valence-electron chi connectivity index (χ1n) is 6.40. The van der Waals surface area contributed by atoms with Crippen molar-refractivity contribution < 1.29 is 4.74 Å². The molecule has 0 fully saturated rings. The second-order valence-electron chi connectivity index (χ2n) is 4.54. The third kappa shape index (κ3) is 4.23. The molecule has 0 saturated heterocycles. The number of aliphatic imine (C=N–C) groups is 1. The van der Waals surface area contributed by atoms with Crippen LogP contribution in [-0.2, 0) is 4.74 Å². The topological polar surface area (TPSA) is 21.6 Å². The molecule has 0 radical (unpaired) electrons. The van der Waals surface area contributed by atoms with Gasteiger partial charge < -0.3 is 4.74 Å². The van der Waals surface area contributed by atoms with Gasteiger partial charge in [0.1, 0.15) is 0 Å². The lowest BCUT2D eigenvalue weighted by molar-refractivity contribution is 0.373. The molecule has 88 valence electrons. The van der Waals surface area contributed by atoms with E-state index in [1.807, 2.05) is 0 Å². The molecule has 0 spiro atoms. The number of ether oxygens (including phenoxy) is 1. The van der Waals surface area contributed by atoms with Crippen molar-refractivity contribution in [1.29, 1.82) is 0 Å². The normalized spacial score (nSPS) is 22.4. The van der Waals surface area contributed by atoms with Crippen LogP contribution < -0.4 is 0 Å². The number of hydrogen-bond acceptors (Lipinski definition) is 2. The van der Waals surface area contributed by atoms with Crippen LogP contribution in [0.5, 0.6) is 0 Å². The summed E-state index contributed by atoms with van der Waals surface area (Å²) < 4.78 is 5.30. The SMILES string of the molecule is CCC(CC)CC1CCCCC(OC)=N1. The molecule has 1 rings (SSSR count). The molecule has 2 heteroatoms. The third-order valence-electron chi connectivity index (χ3n) is 3.50. The highest BCUT2D eigenvalue weighted by atomic mass is 16.5. The molecule has 15 heavy (non-hydrogen) atoms. The van der Waals surface area contributed by atoms with E-state index >= 15 is 0 Å². The van der Waals surface area contributed by atoms with Gasteiger partial charge in [-0.2, -0.15) is 0 Å². The lowest BCUT2D eigenvalue weighted by Crippen LogP contribution is -2.12. The maximum absolute atomic E-state index is 5.30.